The Morgan fingerprint density at radius 2 is 1.11 bits per heavy atom. The topological polar surface area (TPSA) is 38.3 Å². The molecule has 0 aromatic heterocycles. The van der Waals surface area contributed by atoms with Crippen molar-refractivity contribution in [3.05, 3.63) is 36.5 Å². The molecule has 0 aliphatic carbocycles. The highest BCUT2D eigenvalue weighted by Gasteiger charge is 2.13. The van der Waals surface area contributed by atoms with Gasteiger partial charge in [0.25, 0.3) is 0 Å². The molecule has 0 heterocycles. The number of ether oxygens (including phenoxy) is 1. The summed E-state index contributed by atoms with van der Waals surface area (Å²) in [5.74, 6) is 0. The van der Waals surface area contributed by atoms with Gasteiger partial charge in [0.05, 0.1) is 0 Å². The molecule has 1 amide bonds. The monoisotopic (exact) mass is 489 g/mol. The van der Waals surface area contributed by atoms with Gasteiger partial charge in [0.2, 0.25) is 0 Å². The highest BCUT2D eigenvalue weighted by Crippen LogP contribution is 2.17. The molecule has 0 saturated carbocycles. The van der Waals surface area contributed by atoms with E-state index in [0.717, 1.165) is 25.7 Å². The Hall–Kier alpha value is -1.51. The minimum absolute atomic E-state index is 0.0791. The Morgan fingerprint density at radius 1 is 0.657 bits per heavy atom. The number of carbonyl (C=O) groups excluding carboxylic acids is 1. The summed E-state index contributed by atoms with van der Waals surface area (Å²) in [6, 6.07) is 0. The van der Waals surface area contributed by atoms with Crippen LogP contribution in [0, 0.1) is 0 Å². The largest absolute Gasteiger partial charge is 0.446 e. The van der Waals surface area contributed by atoms with Crippen LogP contribution in [0.5, 0.6) is 0 Å². The average molecular weight is 490 g/mol. The molecule has 0 aliphatic heterocycles. The fraction of sp³-hybridized carbons (Fsp3) is 0.781. The van der Waals surface area contributed by atoms with Gasteiger partial charge in [-0.15, -0.1) is 0 Å². The maximum Gasteiger partial charge on any atom is 0.407 e. The smallest absolute Gasteiger partial charge is 0.407 e. The molecule has 1 N–H and O–H groups in total. The van der Waals surface area contributed by atoms with E-state index < -0.39 is 0 Å². The molecule has 3 heteroatoms. The van der Waals surface area contributed by atoms with Crippen molar-refractivity contribution in [2.24, 2.45) is 0 Å². The van der Waals surface area contributed by atoms with Crippen LogP contribution in [0.25, 0.3) is 0 Å². The lowest BCUT2D eigenvalue weighted by Crippen LogP contribution is -2.26. The molecule has 0 aromatic rings. The molecule has 0 saturated heterocycles. The third-order valence-electron chi connectivity index (χ3n) is 6.59. The standard InChI is InChI=1S/C32H59NO2/c1-4-6-8-10-12-14-15-16-17-18-19-20-22-24-26-28-30-31(35-32(34)33-3)29-27-25-23-21-13-11-9-7-5-2/h5,7,12,14,16-17,31H,4,6,8-11,13,15,18-30H2,1-3H3,(H,33,34). The lowest BCUT2D eigenvalue weighted by molar-refractivity contribution is 0.0858. The molecule has 0 bridgehead atoms. The van der Waals surface area contributed by atoms with E-state index in [1.165, 1.54) is 109 Å². The molecule has 0 fully saturated rings. The summed E-state index contributed by atoms with van der Waals surface area (Å²) in [6.45, 7) is 4.35. The van der Waals surface area contributed by atoms with Crippen molar-refractivity contribution in [3.8, 4) is 0 Å². The summed E-state index contributed by atoms with van der Waals surface area (Å²) < 4.78 is 5.63. The molecule has 35 heavy (non-hydrogen) atoms. The van der Waals surface area contributed by atoms with E-state index in [9.17, 15) is 4.79 Å². The van der Waals surface area contributed by atoms with Crippen molar-refractivity contribution < 1.29 is 9.53 Å². The van der Waals surface area contributed by atoms with Crippen molar-refractivity contribution in [1.82, 2.24) is 5.32 Å². The third-order valence-corrected chi connectivity index (χ3v) is 6.59. The molecule has 0 spiro atoms. The summed E-state index contributed by atoms with van der Waals surface area (Å²) in [7, 11) is 1.65. The van der Waals surface area contributed by atoms with Gasteiger partial charge in [0, 0.05) is 7.05 Å². The number of rotatable bonds is 25. The minimum Gasteiger partial charge on any atom is -0.446 e. The lowest BCUT2D eigenvalue weighted by Gasteiger charge is -2.17. The Morgan fingerprint density at radius 3 is 1.60 bits per heavy atom. The van der Waals surface area contributed by atoms with E-state index in [2.05, 4.69) is 55.6 Å². The molecule has 1 unspecified atom stereocenters. The maximum absolute atomic E-state index is 11.7. The molecule has 1 atom stereocenters. The van der Waals surface area contributed by atoms with Crippen LogP contribution >= 0.6 is 0 Å². The van der Waals surface area contributed by atoms with Gasteiger partial charge in [0.15, 0.2) is 0 Å². The van der Waals surface area contributed by atoms with E-state index in [-0.39, 0.29) is 12.2 Å². The van der Waals surface area contributed by atoms with Crippen LogP contribution < -0.4 is 5.32 Å². The fourth-order valence-electron chi connectivity index (χ4n) is 4.34. The molecule has 0 aromatic carbocycles. The van der Waals surface area contributed by atoms with Crippen molar-refractivity contribution in [1.29, 1.82) is 0 Å². The van der Waals surface area contributed by atoms with Crippen LogP contribution in [-0.2, 0) is 4.74 Å². The summed E-state index contributed by atoms with van der Waals surface area (Å²) in [5.41, 5.74) is 0. The van der Waals surface area contributed by atoms with Crippen LogP contribution in [0.1, 0.15) is 149 Å². The molecular formula is C32H59NO2. The average Bonchev–Trinajstić information content (AvgIpc) is 2.87. The van der Waals surface area contributed by atoms with E-state index in [1.54, 1.807) is 7.05 Å². The second-order valence-electron chi connectivity index (χ2n) is 9.92. The summed E-state index contributed by atoms with van der Waals surface area (Å²) >= 11 is 0. The number of hydrogen-bond donors (Lipinski definition) is 1. The van der Waals surface area contributed by atoms with Crippen LogP contribution in [-0.4, -0.2) is 19.2 Å². The first-order valence-corrected chi connectivity index (χ1v) is 15.0. The van der Waals surface area contributed by atoms with E-state index in [0.29, 0.717) is 0 Å². The lowest BCUT2D eigenvalue weighted by atomic mass is 10.0. The maximum atomic E-state index is 11.7. The Labute approximate surface area is 219 Å². The second-order valence-corrected chi connectivity index (χ2v) is 9.92. The molecule has 0 rings (SSSR count). The van der Waals surface area contributed by atoms with Gasteiger partial charge in [-0.25, -0.2) is 4.79 Å². The van der Waals surface area contributed by atoms with Gasteiger partial charge in [-0.05, 0) is 77.6 Å². The first kappa shape index (κ1) is 33.5. The van der Waals surface area contributed by atoms with E-state index in [1.807, 2.05) is 0 Å². The molecule has 3 nitrogen and oxygen atoms in total. The molecule has 0 aliphatic rings. The number of amides is 1. The molecule has 0 radical (unpaired) electrons. The van der Waals surface area contributed by atoms with Gasteiger partial charge in [0.1, 0.15) is 6.10 Å². The van der Waals surface area contributed by atoms with Crippen molar-refractivity contribution in [2.75, 3.05) is 7.05 Å². The Kier molecular flexibility index (Phi) is 27.5. The number of unbranched alkanes of at least 4 members (excludes halogenated alkanes) is 15. The second kappa shape index (κ2) is 28.7. The van der Waals surface area contributed by atoms with Crippen molar-refractivity contribution in [2.45, 2.75) is 155 Å². The quantitative estimate of drug-likeness (QED) is 0.102. The third kappa shape index (κ3) is 26.9. The Bertz CT molecular complexity index is 524. The summed E-state index contributed by atoms with van der Waals surface area (Å²) in [6.07, 6.45) is 39.6. The fourth-order valence-corrected chi connectivity index (χ4v) is 4.34. The summed E-state index contributed by atoms with van der Waals surface area (Å²) in [5, 5.41) is 2.61. The molecular weight excluding hydrogens is 430 g/mol. The number of hydrogen-bond acceptors (Lipinski definition) is 2. The van der Waals surface area contributed by atoms with Crippen LogP contribution in [0.15, 0.2) is 36.5 Å². The zero-order valence-electron chi connectivity index (χ0n) is 23.7. The van der Waals surface area contributed by atoms with Crippen LogP contribution in [0.2, 0.25) is 0 Å². The van der Waals surface area contributed by atoms with Crippen molar-refractivity contribution in [3.63, 3.8) is 0 Å². The predicted molar refractivity (Wildman–Crippen MR) is 155 cm³/mol. The van der Waals surface area contributed by atoms with Gasteiger partial charge in [-0.3, -0.25) is 0 Å². The highest BCUT2D eigenvalue weighted by atomic mass is 16.6. The van der Waals surface area contributed by atoms with Gasteiger partial charge >= 0.3 is 6.09 Å². The van der Waals surface area contributed by atoms with Crippen LogP contribution in [0.4, 0.5) is 4.79 Å². The van der Waals surface area contributed by atoms with Crippen molar-refractivity contribution >= 4 is 6.09 Å². The molecule has 204 valence electrons. The van der Waals surface area contributed by atoms with Gasteiger partial charge in [-0.1, -0.05) is 108 Å². The normalized spacial score (nSPS) is 12.8. The van der Waals surface area contributed by atoms with E-state index >= 15 is 0 Å². The zero-order chi connectivity index (χ0) is 25.7. The number of nitrogens with one attached hydrogen (secondary N) is 1. The SMILES string of the molecule is CC=CCCCCCCCCC(CCCCCCCCC=CCC=CCCCCC)OC(=O)NC. The van der Waals surface area contributed by atoms with Gasteiger partial charge in [-0.2, -0.15) is 0 Å². The number of allylic oxidation sites excluding steroid dienone is 6. The van der Waals surface area contributed by atoms with Gasteiger partial charge < -0.3 is 10.1 Å². The first-order chi connectivity index (χ1) is 17.2. The van der Waals surface area contributed by atoms with Crippen LogP contribution in [0.3, 0.4) is 0 Å². The predicted octanol–water partition coefficient (Wildman–Crippen LogP) is 10.6. The first-order valence-electron chi connectivity index (χ1n) is 15.0. The van der Waals surface area contributed by atoms with E-state index in [4.69, 9.17) is 4.74 Å². The highest BCUT2D eigenvalue weighted by molar-refractivity contribution is 5.66. The minimum atomic E-state index is -0.279. The number of alkyl carbamates (subject to hydrolysis) is 1. The zero-order valence-corrected chi connectivity index (χ0v) is 23.7. The number of carbonyl (C=O) groups is 1. The Balaban J connectivity index is 3.70. The summed E-state index contributed by atoms with van der Waals surface area (Å²) in [4.78, 5) is 11.7.